The molecule has 0 unspecified atom stereocenters. The second kappa shape index (κ2) is 6.01. The lowest BCUT2D eigenvalue weighted by Gasteiger charge is -2.36. The van der Waals surface area contributed by atoms with Gasteiger partial charge in [0.15, 0.2) is 0 Å². The van der Waals surface area contributed by atoms with Gasteiger partial charge in [0.1, 0.15) is 5.54 Å². The van der Waals surface area contributed by atoms with Crippen LogP contribution in [-0.4, -0.2) is 51.0 Å². The maximum atomic E-state index is 12.3. The topological polar surface area (TPSA) is 73.7 Å². The van der Waals surface area contributed by atoms with Crippen LogP contribution in [0.4, 0.5) is 4.79 Å². The molecule has 6 nitrogen and oxygen atoms in total. The number of aliphatic carboxylic acids is 1. The number of hydrogen-bond acceptors (Lipinski definition) is 4. The van der Waals surface area contributed by atoms with Gasteiger partial charge in [-0.05, 0) is 20.8 Å². The van der Waals surface area contributed by atoms with Crippen LogP contribution < -0.4 is 0 Å². The molecule has 0 aliphatic heterocycles. The van der Waals surface area contributed by atoms with E-state index in [0.717, 1.165) is 5.69 Å². The fourth-order valence-electron chi connectivity index (χ4n) is 1.72. The summed E-state index contributed by atoms with van der Waals surface area (Å²) in [5.74, 6) is -1.02. The summed E-state index contributed by atoms with van der Waals surface area (Å²) in [6.07, 6.45) is 0. The highest BCUT2D eigenvalue weighted by atomic mass is 32.1. The Balaban J connectivity index is 2.81. The van der Waals surface area contributed by atoms with Gasteiger partial charge in [-0.25, -0.2) is 14.6 Å². The van der Waals surface area contributed by atoms with Gasteiger partial charge in [0.2, 0.25) is 0 Å². The summed E-state index contributed by atoms with van der Waals surface area (Å²) in [5, 5.41) is 11.1. The van der Waals surface area contributed by atoms with Gasteiger partial charge in [-0.15, -0.1) is 11.3 Å². The first-order valence-corrected chi connectivity index (χ1v) is 6.88. The quantitative estimate of drug-likeness (QED) is 0.896. The van der Waals surface area contributed by atoms with Crippen LogP contribution in [0.2, 0.25) is 0 Å². The molecule has 106 valence electrons. The molecular weight excluding hydrogens is 266 g/mol. The third-order valence-electron chi connectivity index (χ3n) is 2.95. The summed E-state index contributed by atoms with van der Waals surface area (Å²) in [4.78, 5) is 30.5. The van der Waals surface area contributed by atoms with Crippen LogP contribution in [0, 0.1) is 0 Å². The molecule has 1 heterocycles. The summed E-state index contributed by atoms with van der Waals surface area (Å²) in [5.41, 5.74) is 1.26. The van der Waals surface area contributed by atoms with Crippen molar-refractivity contribution in [3.05, 3.63) is 16.6 Å². The van der Waals surface area contributed by atoms with Crippen LogP contribution in [0.25, 0.3) is 0 Å². The van der Waals surface area contributed by atoms with Crippen molar-refractivity contribution in [1.29, 1.82) is 0 Å². The fraction of sp³-hybridized carbons (Fsp3) is 0.583. The van der Waals surface area contributed by atoms with Crippen LogP contribution in [0.5, 0.6) is 0 Å². The van der Waals surface area contributed by atoms with E-state index in [0.29, 0.717) is 13.1 Å². The molecule has 1 N–H and O–H groups in total. The molecule has 1 aromatic heterocycles. The molecule has 0 saturated heterocycles. The minimum absolute atomic E-state index is 0.317. The first-order valence-electron chi connectivity index (χ1n) is 5.93. The standard InChI is InChI=1S/C12H19N3O3S/c1-5-15(12(2,3)10(16)17)11(18)14(4)6-9-7-19-8-13-9/h7-8H,5-6H2,1-4H3,(H,16,17). The third kappa shape index (κ3) is 3.44. The Labute approximate surface area is 116 Å². The maximum Gasteiger partial charge on any atom is 0.329 e. The van der Waals surface area contributed by atoms with Gasteiger partial charge in [-0.3, -0.25) is 0 Å². The number of nitrogens with zero attached hydrogens (tertiary/aromatic N) is 3. The van der Waals surface area contributed by atoms with Crippen LogP contribution >= 0.6 is 11.3 Å². The van der Waals surface area contributed by atoms with Crippen LogP contribution in [0.3, 0.4) is 0 Å². The molecule has 2 amide bonds. The molecule has 7 heteroatoms. The zero-order chi connectivity index (χ0) is 14.6. The maximum absolute atomic E-state index is 12.3. The van der Waals surface area contributed by atoms with E-state index in [2.05, 4.69) is 4.98 Å². The Kier molecular flexibility index (Phi) is 4.88. The van der Waals surface area contributed by atoms with Crippen molar-refractivity contribution in [3.63, 3.8) is 0 Å². The minimum Gasteiger partial charge on any atom is -0.480 e. The number of thiazole rings is 1. The first-order chi connectivity index (χ1) is 8.80. The Morgan fingerprint density at radius 1 is 1.47 bits per heavy atom. The Bertz CT molecular complexity index is 445. The second-order valence-electron chi connectivity index (χ2n) is 4.73. The van der Waals surface area contributed by atoms with E-state index in [4.69, 9.17) is 0 Å². The molecule has 1 rings (SSSR count). The van der Waals surface area contributed by atoms with Gasteiger partial charge in [0.25, 0.3) is 0 Å². The normalized spacial score (nSPS) is 11.2. The summed E-state index contributed by atoms with van der Waals surface area (Å²) in [7, 11) is 1.64. The van der Waals surface area contributed by atoms with E-state index in [1.54, 1.807) is 19.5 Å². The summed E-state index contributed by atoms with van der Waals surface area (Å²) in [6.45, 7) is 5.51. The van der Waals surface area contributed by atoms with E-state index in [9.17, 15) is 14.7 Å². The van der Waals surface area contributed by atoms with Crippen LogP contribution in [0.15, 0.2) is 10.9 Å². The van der Waals surface area contributed by atoms with Gasteiger partial charge in [-0.2, -0.15) is 0 Å². The monoisotopic (exact) mass is 285 g/mol. The largest absolute Gasteiger partial charge is 0.480 e. The van der Waals surface area contributed by atoms with Crippen LogP contribution in [-0.2, 0) is 11.3 Å². The average molecular weight is 285 g/mol. The molecule has 0 aliphatic carbocycles. The smallest absolute Gasteiger partial charge is 0.329 e. The van der Waals surface area contributed by atoms with Crippen molar-refractivity contribution in [2.45, 2.75) is 32.9 Å². The second-order valence-corrected chi connectivity index (χ2v) is 5.45. The molecule has 0 radical (unpaired) electrons. The lowest BCUT2D eigenvalue weighted by Crippen LogP contribution is -2.56. The molecule has 1 aromatic rings. The average Bonchev–Trinajstić information content (AvgIpc) is 2.81. The zero-order valence-corrected chi connectivity index (χ0v) is 12.4. The number of amides is 2. The molecular formula is C12H19N3O3S. The fourth-order valence-corrected chi connectivity index (χ4v) is 2.27. The summed E-state index contributed by atoms with van der Waals surface area (Å²) in [6, 6.07) is -0.317. The molecule has 0 aromatic carbocycles. The van der Waals surface area contributed by atoms with Crippen molar-refractivity contribution in [3.8, 4) is 0 Å². The molecule has 0 saturated carbocycles. The lowest BCUT2D eigenvalue weighted by atomic mass is 10.0. The molecule has 0 bridgehead atoms. The van der Waals surface area contributed by atoms with E-state index < -0.39 is 11.5 Å². The lowest BCUT2D eigenvalue weighted by molar-refractivity contribution is -0.147. The van der Waals surface area contributed by atoms with Crippen molar-refractivity contribution in [2.75, 3.05) is 13.6 Å². The van der Waals surface area contributed by atoms with E-state index in [1.807, 2.05) is 5.38 Å². The molecule has 0 aliphatic rings. The summed E-state index contributed by atoms with van der Waals surface area (Å²) < 4.78 is 0. The summed E-state index contributed by atoms with van der Waals surface area (Å²) >= 11 is 1.46. The van der Waals surface area contributed by atoms with E-state index in [1.165, 1.54) is 35.0 Å². The van der Waals surface area contributed by atoms with Crippen molar-refractivity contribution in [1.82, 2.24) is 14.8 Å². The number of carboxylic acid groups (broad SMARTS) is 1. The number of urea groups is 1. The molecule has 19 heavy (non-hydrogen) atoms. The van der Waals surface area contributed by atoms with Crippen LogP contribution in [0.1, 0.15) is 26.5 Å². The van der Waals surface area contributed by atoms with E-state index >= 15 is 0 Å². The van der Waals surface area contributed by atoms with Crippen molar-refractivity contribution < 1.29 is 14.7 Å². The molecule has 0 fully saturated rings. The van der Waals surface area contributed by atoms with Gasteiger partial charge < -0.3 is 14.9 Å². The third-order valence-corrected chi connectivity index (χ3v) is 3.59. The minimum atomic E-state index is -1.23. The highest BCUT2D eigenvalue weighted by Gasteiger charge is 2.38. The predicted octanol–water partition coefficient (Wildman–Crippen LogP) is 1.88. The Morgan fingerprint density at radius 3 is 2.53 bits per heavy atom. The number of hydrogen-bond donors (Lipinski definition) is 1. The molecule has 0 atom stereocenters. The van der Waals surface area contributed by atoms with Gasteiger partial charge >= 0.3 is 12.0 Å². The number of carbonyl (C=O) groups excluding carboxylic acids is 1. The highest BCUT2D eigenvalue weighted by molar-refractivity contribution is 7.07. The highest BCUT2D eigenvalue weighted by Crippen LogP contribution is 2.17. The van der Waals surface area contributed by atoms with Gasteiger partial charge in [-0.1, -0.05) is 0 Å². The predicted molar refractivity (Wildman–Crippen MR) is 73.1 cm³/mol. The number of rotatable bonds is 5. The molecule has 0 spiro atoms. The van der Waals surface area contributed by atoms with Gasteiger partial charge in [0.05, 0.1) is 17.7 Å². The Hall–Kier alpha value is -1.63. The van der Waals surface area contributed by atoms with Gasteiger partial charge in [0, 0.05) is 19.0 Å². The number of carbonyl (C=O) groups is 2. The van der Waals surface area contributed by atoms with Crippen molar-refractivity contribution >= 4 is 23.3 Å². The number of aromatic nitrogens is 1. The SMILES string of the molecule is CCN(C(=O)N(C)Cc1cscn1)C(C)(C)C(=O)O. The zero-order valence-electron chi connectivity index (χ0n) is 11.6. The number of carboxylic acids is 1. The Morgan fingerprint density at radius 2 is 2.11 bits per heavy atom. The first kappa shape index (κ1) is 15.4. The van der Waals surface area contributed by atoms with E-state index in [-0.39, 0.29) is 6.03 Å². The number of likely N-dealkylation sites (N-methyl/N-ethyl adjacent to an activating group) is 1. The van der Waals surface area contributed by atoms with Crippen molar-refractivity contribution in [2.24, 2.45) is 0 Å².